The van der Waals surface area contributed by atoms with Gasteiger partial charge in [-0.05, 0) is 18.1 Å². The summed E-state index contributed by atoms with van der Waals surface area (Å²) in [5.74, 6) is 0.770. The molecule has 21 heavy (non-hydrogen) atoms. The zero-order valence-electron chi connectivity index (χ0n) is 13.7. The van der Waals surface area contributed by atoms with Crippen molar-refractivity contribution in [2.45, 2.75) is 40.0 Å². The average molecular weight is 290 g/mol. The van der Waals surface area contributed by atoms with E-state index in [0.717, 1.165) is 36.1 Å². The molecule has 0 atom stereocenters. The van der Waals surface area contributed by atoms with E-state index in [0.29, 0.717) is 5.75 Å². The SMILES string of the molecule is CC.CCCc1ccc(C2=CCC=NN2C)c(O)c1OC. The highest BCUT2D eigenvalue weighted by Gasteiger charge is 2.18. The molecule has 4 heteroatoms. The standard InChI is InChI=1S/C15H20N2O2.C2H6/c1-4-6-11-8-9-12(14(18)15(11)19-3)13-7-5-10-16-17(13)2;1-2/h7-10,18H,4-6H2,1-3H3;1-2H3. The number of phenols is 1. The summed E-state index contributed by atoms with van der Waals surface area (Å²) in [6.07, 6.45) is 6.56. The van der Waals surface area contributed by atoms with Crippen LogP contribution in [0.5, 0.6) is 11.5 Å². The van der Waals surface area contributed by atoms with Crippen molar-refractivity contribution in [3.8, 4) is 11.5 Å². The summed E-state index contributed by atoms with van der Waals surface area (Å²) in [5.41, 5.74) is 2.70. The minimum absolute atomic E-state index is 0.198. The Balaban J connectivity index is 0.00000106. The molecule has 0 bridgehead atoms. The van der Waals surface area contributed by atoms with E-state index in [1.54, 1.807) is 12.1 Å². The maximum absolute atomic E-state index is 10.4. The summed E-state index contributed by atoms with van der Waals surface area (Å²) in [7, 11) is 3.46. The van der Waals surface area contributed by atoms with Gasteiger partial charge in [-0.1, -0.05) is 39.3 Å². The van der Waals surface area contributed by atoms with Crippen molar-refractivity contribution in [2.24, 2.45) is 5.10 Å². The van der Waals surface area contributed by atoms with Gasteiger partial charge in [-0.15, -0.1) is 0 Å². The minimum atomic E-state index is 0.198. The second kappa shape index (κ2) is 8.35. The third-order valence-electron chi connectivity index (χ3n) is 3.23. The van der Waals surface area contributed by atoms with Crippen LogP contribution < -0.4 is 4.74 Å². The highest BCUT2D eigenvalue weighted by Crippen LogP contribution is 2.39. The lowest BCUT2D eigenvalue weighted by atomic mass is 10.0. The zero-order valence-corrected chi connectivity index (χ0v) is 13.7. The Labute approximate surface area is 127 Å². The molecule has 0 fully saturated rings. The molecule has 0 unspecified atom stereocenters. The van der Waals surface area contributed by atoms with Crippen LogP contribution in [-0.4, -0.2) is 30.5 Å². The Morgan fingerprint density at radius 3 is 2.62 bits per heavy atom. The summed E-state index contributed by atoms with van der Waals surface area (Å²) in [4.78, 5) is 0. The van der Waals surface area contributed by atoms with Gasteiger partial charge in [0.15, 0.2) is 11.5 Å². The van der Waals surface area contributed by atoms with E-state index in [1.807, 2.05) is 45.3 Å². The number of hydrogen-bond acceptors (Lipinski definition) is 4. The largest absolute Gasteiger partial charge is 0.504 e. The lowest BCUT2D eigenvalue weighted by Gasteiger charge is -2.22. The van der Waals surface area contributed by atoms with Crippen molar-refractivity contribution >= 4 is 11.9 Å². The fraction of sp³-hybridized carbons (Fsp3) is 0.471. The van der Waals surface area contributed by atoms with Crippen molar-refractivity contribution < 1.29 is 9.84 Å². The lowest BCUT2D eigenvalue weighted by Crippen LogP contribution is -2.13. The van der Waals surface area contributed by atoms with Crippen LogP contribution in [0.1, 0.15) is 44.7 Å². The molecule has 1 aromatic carbocycles. The minimum Gasteiger partial charge on any atom is -0.504 e. The molecule has 1 aliphatic rings. The highest BCUT2D eigenvalue weighted by atomic mass is 16.5. The van der Waals surface area contributed by atoms with Gasteiger partial charge in [-0.2, -0.15) is 5.10 Å². The van der Waals surface area contributed by atoms with Gasteiger partial charge < -0.3 is 9.84 Å². The first-order valence-corrected chi connectivity index (χ1v) is 7.54. The quantitative estimate of drug-likeness (QED) is 0.910. The molecule has 0 spiro atoms. The summed E-state index contributed by atoms with van der Waals surface area (Å²) in [6.45, 7) is 6.11. The molecule has 4 nitrogen and oxygen atoms in total. The Kier molecular flexibility index (Phi) is 6.79. The maximum atomic E-state index is 10.4. The second-order valence-corrected chi connectivity index (χ2v) is 4.55. The van der Waals surface area contributed by atoms with E-state index in [4.69, 9.17) is 4.74 Å². The molecule has 0 aromatic heterocycles. The molecule has 0 saturated carbocycles. The smallest absolute Gasteiger partial charge is 0.167 e. The molecule has 0 aliphatic carbocycles. The molecule has 0 radical (unpaired) electrons. The van der Waals surface area contributed by atoms with Crippen LogP contribution in [0.15, 0.2) is 23.3 Å². The first-order valence-electron chi connectivity index (χ1n) is 7.54. The normalized spacial score (nSPS) is 13.4. The van der Waals surface area contributed by atoms with Crippen molar-refractivity contribution in [1.82, 2.24) is 5.01 Å². The summed E-state index contributed by atoms with van der Waals surface area (Å²) < 4.78 is 5.36. The topological polar surface area (TPSA) is 45.1 Å². The van der Waals surface area contributed by atoms with Crippen LogP contribution >= 0.6 is 0 Å². The molecule has 2 rings (SSSR count). The Bertz CT molecular complexity index is 522. The summed E-state index contributed by atoms with van der Waals surface area (Å²) in [6, 6.07) is 3.95. The monoisotopic (exact) mass is 290 g/mol. The van der Waals surface area contributed by atoms with Gasteiger partial charge in [0.25, 0.3) is 0 Å². The number of aromatic hydroxyl groups is 1. The van der Waals surface area contributed by atoms with Crippen molar-refractivity contribution in [2.75, 3.05) is 14.2 Å². The number of hydrazone groups is 1. The molecule has 1 N–H and O–H groups in total. The van der Waals surface area contributed by atoms with Crippen LogP contribution in [-0.2, 0) is 6.42 Å². The van der Waals surface area contributed by atoms with Crippen molar-refractivity contribution in [3.63, 3.8) is 0 Å². The number of methoxy groups -OCH3 is 1. The molecule has 116 valence electrons. The molecule has 0 amide bonds. The molecule has 1 heterocycles. The first-order chi connectivity index (χ1) is 10.2. The van der Waals surface area contributed by atoms with E-state index < -0.39 is 0 Å². The van der Waals surface area contributed by atoms with Gasteiger partial charge >= 0.3 is 0 Å². The van der Waals surface area contributed by atoms with Crippen molar-refractivity contribution in [3.05, 3.63) is 29.3 Å². The van der Waals surface area contributed by atoms with Crippen molar-refractivity contribution in [1.29, 1.82) is 0 Å². The lowest BCUT2D eigenvalue weighted by molar-refractivity contribution is 0.367. The Morgan fingerprint density at radius 2 is 2.05 bits per heavy atom. The zero-order chi connectivity index (χ0) is 15.8. The van der Waals surface area contributed by atoms with Crippen LogP contribution in [0.2, 0.25) is 0 Å². The van der Waals surface area contributed by atoms with Crippen LogP contribution in [0, 0.1) is 0 Å². The number of nitrogens with zero attached hydrogens (tertiary/aromatic N) is 2. The van der Waals surface area contributed by atoms with Gasteiger partial charge in [0.1, 0.15) is 0 Å². The number of ether oxygens (including phenoxy) is 1. The predicted molar refractivity (Wildman–Crippen MR) is 88.9 cm³/mol. The molecular formula is C17H26N2O2. The predicted octanol–water partition coefficient (Wildman–Crippen LogP) is 4.04. The molecule has 1 aromatic rings. The molecular weight excluding hydrogens is 264 g/mol. The maximum Gasteiger partial charge on any atom is 0.167 e. The van der Waals surface area contributed by atoms with Gasteiger partial charge in [-0.25, -0.2) is 0 Å². The number of allylic oxidation sites excluding steroid dienone is 1. The Hall–Kier alpha value is -1.97. The summed E-state index contributed by atoms with van der Waals surface area (Å²) >= 11 is 0. The van der Waals surface area contributed by atoms with E-state index in [-0.39, 0.29) is 5.75 Å². The van der Waals surface area contributed by atoms with Gasteiger partial charge in [-0.3, -0.25) is 5.01 Å². The second-order valence-electron chi connectivity index (χ2n) is 4.55. The number of aryl methyl sites for hydroxylation is 1. The van der Waals surface area contributed by atoms with Gasteiger partial charge in [0, 0.05) is 25.2 Å². The summed E-state index contributed by atoms with van der Waals surface area (Å²) in [5, 5.41) is 16.4. The van der Waals surface area contributed by atoms with Crippen LogP contribution in [0.3, 0.4) is 0 Å². The fourth-order valence-electron chi connectivity index (χ4n) is 2.33. The number of hydrogen-bond donors (Lipinski definition) is 1. The first kappa shape index (κ1) is 17.1. The van der Waals surface area contributed by atoms with E-state index in [2.05, 4.69) is 12.0 Å². The fourth-order valence-corrected chi connectivity index (χ4v) is 2.33. The van der Waals surface area contributed by atoms with E-state index >= 15 is 0 Å². The Morgan fingerprint density at radius 1 is 1.33 bits per heavy atom. The van der Waals surface area contributed by atoms with Gasteiger partial charge in [0.05, 0.1) is 12.8 Å². The number of rotatable bonds is 4. The number of benzene rings is 1. The third kappa shape index (κ3) is 3.78. The molecule has 1 aliphatic heterocycles. The van der Waals surface area contributed by atoms with Crippen LogP contribution in [0.4, 0.5) is 0 Å². The van der Waals surface area contributed by atoms with E-state index in [1.165, 1.54) is 0 Å². The van der Waals surface area contributed by atoms with Crippen LogP contribution in [0.25, 0.3) is 5.70 Å². The third-order valence-corrected chi connectivity index (χ3v) is 3.23. The average Bonchev–Trinajstić information content (AvgIpc) is 2.51. The number of phenolic OH excluding ortho intramolecular Hbond substituents is 1. The van der Waals surface area contributed by atoms with E-state index in [9.17, 15) is 5.11 Å². The van der Waals surface area contributed by atoms with Gasteiger partial charge in [0.2, 0.25) is 0 Å². The molecule has 0 saturated heterocycles. The highest BCUT2D eigenvalue weighted by molar-refractivity contribution is 5.77.